The van der Waals surface area contributed by atoms with E-state index < -0.39 is 0 Å². The lowest BCUT2D eigenvalue weighted by molar-refractivity contribution is -0.132. The lowest BCUT2D eigenvalue weighted by atomic mass is 9.92. The maximum Gasteiger partial charge on any atom is 0.252 e. The molecule has 0 bridgehead atoms. The summed E-state index contributed by atoms with van der Waals surface area (Å²) in [7, 11) is 0. The number of amides is 2. The van der Waals surface area contributed by atoms with Gasteiger partial charge in [0.05, 0.1) is 22.7 Å². The Kier molecular flexibility index (Phi) is 4.83. The molecule has 1 aromatic heterocycles. The number of piperidine rings is 1. The van der Waals surface area contributed by atoms with Crippen molar-refractivity contribution in [2.24, 2.45) is 5.92 Å². The van der Waals surface area contributed by atoms with E-state index >= 15 is 0 Å². The second-order valence-electron chi connectivity index (χ2n) is 7.82. The minimum atomic E-state index is -0.275. The standard InChI is InChI=1S/C23H21N3O3S/c27-20(13-18-15-5-1-2-6-16(15)22(29)24-18)26-11-9-14(10-12-26)21(28)23-25-17-7-3-4-8-19(17)30-23/h1-8,14,18H,9-13H2,(H,24,29). The molecular formula is C23H21N3O3S. The highest BCUT2D eigenvalue weighted by molar-refractivity contribution is 7.20. The lowest BCUT2D eigenvalue weighted by Gasteiger charge is -2.31. The van der Waals surface area contributed by atoms with Crippen LogP contribution in [-0.2, 0) is 4.79 Å². The van der Waals surface area contributed by atoms with Crippen LogP contribution in [0.3, 0.4) is 0 Å². The molecule has 2 amide bonds. The Balaban J connectivity index is 1.20. The van der Waals surface area contributed by atoms with E-state index in [1.807, 2.05) is 47.4 Å². The predicted octanol–water partition coefficient (Wildman–Crippen LogP) is 3.59. The fraction of sp³-hybridized carbons (Fsp3) is 0.304. The van der Waals surface area contributed by atoms with Crippen molar-refractivity contribution in [3.05, 3.63) is 64.7 Å². The highest BCUT2D eigenvalue weighted by Crippen LogP contribution is 2.30. The van der Waals surface area contributed by atoms with Crippen molar-refractivity contribution in [1.29, 1.82) is 0 Å². The number of nitrogens with one attached hydrogen (secondary N) is 1. The van der Waals surface area contributed by atoms with Gasteiger partial charge in [0.2, 0.25) is 5.91 Å². The van der Waals surface area contributed by atoms with Crippen molar-refractivity contribution in [3.8, 4) is 0 Å². The molecule has 0 saturated carbocycles. The monoisotopic (exact) mass is 419 g/mol. The van der Waals surface area contributed by atoms with Gasteiger partial charge in [0.15, 0.2) is 10.8 Å². The third-order valence-electron chi connectivity index (χ3n) is 5.99. The number of rotatable bonds is 4. The summed E-state index contributed by atoms with van der Waals surface area (Å²) in [6, 6.07) is 14.9. The first-order valence-electron chi connectivity index (χ1n) is 10.2. The SMILES string of the molecule is O=C1NC(CC(=O)N2CCC(C(=O)c3nc4ccccc4s3)CC2)c2ccccc21. The number of hydrogen-bond donors (Lipinski definition) is 1. The predicted molar refractivity (Wildman–Crippen MR) is 115 cm³/mol. The number of fused-ring (bicyclic) bond motifs is 2. The van der Waals surface area contributed by atoms with Gasteiger partial charge in [-0.3, -0.25) is 14.4 Å². The highest BCUT2D eigenvalue weighted by Gasteiger charge is 2.33. The van der Waals surface area contributed by atoms with Gasteiger partial charge in [-0.05, 0) is 36.6 Å². The largest absolute Gasteiger partial charge is 0.345 e. The van der Waals surface area contributed by atoms with E-state index in [1.165, 1.54) is 11.3 Å². The number of Topliss-reactive ketones (excluding diaryl/α,β-unsaturated/α-hetero) is 1. The maximum absolute atomic E-state index is 12.9. The molecule has 152 valence electrons. The zero-order valence-corrected chi connectivity index (χ0v) is 17.2. The third kappa shape index (κ3) is 3.39. The highest BCUT2D eigenvalue weighted by atomic mass is 32.1. The molecule has 1 atom stereocenters. The molecule has 1 unspecified atom stereocenters. The number of carbonyl (C=O) groups excluding carboxylic acids is 3. The van der Waals surface area contributed by atoms with Gasteiger partial charge in [0, 0.05) is 24.6 Å². The lowest BCUT2D eigenvalue weighted by Crippen LogP contribution is -2.41. The number of carbonyl (C=O) groups is 3. The molecule has 3 heterocycles. The normalized spacial score (nSPS) is 19.0. The Labute approximate surface area is 177 Å². The quantitative estimate of drug-likeness (QED) is 0.656. The van der Waals surface area contributed by atoms with Gasteiger partial charge in [-0.15, -0.1) is 11.3 Å². The van der Waals surface area contributed by atoms with E-state index in [4.69, 9.17) is 0 Å². The molecule has 2 aliphatic heterocycles. The number of para-hydroxylation sites is 1. The van der Waals surface area contributed by atoms with E-state index in [1.54, 1.807) is 6.07 Å². The summed E-state index contributed by atoms with van der Waals surface area (Å²) in [5.41, 5.74) is 2.39. The summed E-state index contributed by atoms with van der Waals surface area (Å²) in [4.78, 5) is 44.1. The first-order chi connectivity index (χ1) is 14.6. The van der Waals surface area contributed by atoms with Crippen LogP contribution in [0, 0.1) is 5.92 Å². The number of aromatic nitrogens is 1. The van der Waals surface area contributed by atoms with Crippen molar-refractivity contribution >= 4 is 39.2 Å². The summed E-state index contributed by atoms with van der Waals surface area (Å²) in [6.07, 6.45) is 1.54. The minimum Gasteiger partial charge on any atom is -0.345 e. The number of thiazole rings is 1. The van der Waals surface area contributed by atoms with Crippen LogP contribution in [-0.4, -0.2) is 40.6 Å². The number of nitrogens with zero attached hydrogens (tertiary/aromatic N) is 2. The zero-order chi connectivity index (χ0) is 20.7. The van der Waals surface area contributed by atoms with E-state index in [9.17, 15) is 14.4 Å². The van der Waals surface area contributed by atoms with Crippen LogP contribution >= 0.6 is 11.3 Å². The third-order valence-corrected chi connectivity index (χ3v) is 7.04. The van der Waals surface area contributed by atoms with Crippen LogP contribution in [0.25, 0.3) is 10.2 Å². The van der Waals surface area contributed by atoms with Gasteiger partial charge in [0.25, 0.3) is 5.91 Å². The summed E-state index contributed by atoms with van der Waals surface area (Å²) in [5, 5.41) is 3.46. The van der Waals surface area contributed by atoms with Gasteiger partial charge in [0.1, 0.15) is 0 Å². The van der Waals surface area contributed by atoms with Crippen molar-refractivity contribution in [2.45, 2.75) is 25.3 Å². The van der Waals surface area contributed by atoms with E-state index in [0.29, 0.717) is 36.5 Å². The second-order valence-corrected chi connectivity index (χ2v) is 8.85. The van der Waals surface area contributed by atoms with Crippen LogP contribution in [0.4, 0.5) is 0 Å². The Bertz CT molecular complexity index is 1110. The Hall–Kier alpha value is -3.06. The number of likely N-dealkylation sites (tertiary alicyclic amines) is 1. The topological polar surface area (TPSA) is 79.4 Å². The smallest absolute Gasteiger partial charge is 0.252 e. The molecule has 5 rings (SSSR count). The zero-order valence-electron chi connectivity index (χ0n) is 16.3. The fourth-order valence-corrected chi connectivity index (χ4v) is 5.31. The first-order valence-corrected chi connectivity index (χ1v) is 11.0. The van der Waals surface area contributed by atoms with Crippen LogP contribution in [0.2, 0.25) is 0 Å². The van der Waals surface area contributed by atoms with Crippen LogP contribution < -0.4 is 5.32 Å². The number of ketones is 1. The molecule has 1 N–H and O–H groups in total. The number of benzene rings is 2. The molecule has 1 saturated heterocycles. The Morgan fingerprint density at radius 1 is 1.07 bits per heavy atom. The van der Waals surface area contributed by atoms with Crippen LogP contribution in [0.5, 0.6) is 0 Å². The second kappa shape index (κ2) is 7.65. The Morgan fingerprint density at radius 3 is 2.60 bits per heavy atom. The van der Waals surface area contributed by atoms with Crippen molar-refractivity contribution in [1.82, 2.24) is 15.2 Å². The molecule has 2 aromatic carbocycles. The summed E-state index contributed by atoms with van der Waals surface area (Å²) in [6.45, 7) is 1.12. The van der Waals surface area contributed by atoms with Gasteiger partial charge >= 0.3 is 0 Å². The van der Waals surface area contributed by atoms with Crippen LogP contribution in [0.15, 0.2) is 48.5 Å². The van der Waals surface area contributed by atoms with Crippen molar-refractivity contribution < 1.29 is 14.4 Å². The molecule has 7 heteroatoms. The molecule has 30 heavy (non-hydrogen) atoms. The molecule has 0 spiro atoms. The molecule has 1 fully saturated rings. The number of hydrogen-bond acceptors (Lipinski definition) is 5. The van der Waals surface area contributed by atoms with Crippen molar-refractivity contribution in [3.63, 3.8) is 0 Å². The molecule has 0 aliphatic carbocycles. The fourth-order valence-electron chi connectivity index (χ4n) is 4.33. The van der Waals surface area contributed by atoms with Crippen LogP contribution in [0.1, 0.15) is 51.0 Å². The average molecular weight is 420 g/mol. The minimum absolute atomic E-state index is 0.0166. The van der Waals surface area contributed by atoms with Crippen molar-refractivity contribution in [2.75, 3.05) is 13.1 Å². The van der Waals surface area contributed by atoms with E-state index in [2.05, 4.69) is 10.3 Å². The summed E-state index contributed by atoms with van der Waals surface area (Å²) in [5.74, 6) is -0.117. The molecule has 3 aromatic rings. The van der Waals surface area contributed by atoms with Gasteiger partial charge in [-0.25, -0.2) is 4.98 Å². The first kappa shape index (κ1) is 18.9. The molecule has 0 radical (unpaired) electrons. The van der Waals surface area contributed by atoms with E-state index in [-0.39, 0.29) is 36.0 Å². The molecule has 2 aliphatic rings. The summed E-state index contributed by atoms with van der Waals surface area (Å²) < 4.78 is 1.02. The maximum atomic E-state index is 12.9. The van der Waals surface area contributed by atoms with Gasteiger partial charge < -0.3 is 10.2 Å². The van der Waals surface area contributed by atoms with Gasteiger partial charge in [-0.1, -0.05) is 30.3 Å². The molecule has 6 nitrogen and oxygen atoms in total. The average Bonchev–Trinajstić information content (AvgIpc) is 3.35. The molecular weight excluding hydrogens is 398 g/mol. The van der Waals surface area contributed by atoms with E-state index in [0.717, 1.165) is 15.8 Å². The van der Waals surface area contributed by atoms with Gasteiger partial charge in [-0.2, -0.15) is 0 Å². The summed E-state index contributed by atoms with van der Waals surface area (Å²) >= 11 is 1.44. The Morgan fingerprint density at radius 2 is 1.80 bits per heavy atom.